The maximum Gasteiger partial charge on any atom is 0.230 e. The topological polar surface area (TPSA) is 73.8 Å². The van der Waals surface area contributed by atoms with Gasteiger partial charge in [0.05, 0.1) is 0 Å². The van der Waals surface area contributed by atoms with E-state index in [9.17, 15) is 0 Å². The zero-order valence-electron chi connectivity index (χ0n) is 83.2. The number of hydrogen-bond donors (Lipinski definition) is 0. The van der Waals surface area contributed by atoms with Crippen LogP contribution in [0.15, 0.2) is 48.5 Å². The first-order valence-corrected chi connectivity index (χ1v) is 60.3. The van der Waals surface area contributed by atoms with Crippen LogP contribution in [0.25, 0.3) is 0 Å². The molecular formula is C116H192O8S4. The van der Waals surface area contributed by atoms with Gasteiger partial charge >= 0.3 is 0 Å². The van der Waals surface area contributed by atoms with Crippen LogP contribution in [-0.4, -0.2) is 73.2 Å². The first-order valence-electron chi connectivity index (χ1n) is 55.6. The van der Waals surface area contributed by atoms with E-state index in [0.29, 0.717) is 0 Å². The average molecular weight is 1840 g/mol. The maximum absolute atomic E-state index is 6.98. The molecule has 12 heteroatoms. The van der Waals surface area contributed by atoms with Crippen LogP contribution in [0.5, 0.6) is 46.0 Å². The molecule has 0 spiro atoms. The first kappa shape index (κ1) is 108. The molecule has 128 heavy (non-hydrogen) atoms. The summed E-state index contributed by atoms with van der Waals surface area (Å²) in [6.07, 6.45) is 96.0. The second kappa shape index (κ2) is 72.1. The van der Waals surface area contributed by atoms with Crippen molar-refractivity contribution < 1.29 is 37.9 Å². The van der Waals surface area contributed by atoms with E-state index < -0.39 is 0 Å². The van der Waals surface area contributed by atoms with Gasteiger partial charge in [-0.3, -0.25) is 0 Å². The van der Waals surface area contributed by atoms with Crippen molar-refractivity contribution in [3.63, 3.8) is 0 Å². The molecule has 4 heterocycles. The highest BCUT2D eigenvalue weighted by Crippen LogP contribution is 2.56. The van der Waals surface area contributed by atoms with Crippen LogP contribution in [-0.2, 0) is 0 Å². The molecule has 0 radical (unpaired) electrons. The second-order valence-corrected chi connectivity index (χ2v) is 44.7. The minimum atomic E-state index is 0.00804. The van der Waals surface area contributed by atoms with E-state index in [2.05, 4.69) is 123 Å². The molecule has 0 fully saturated rings. The lowest BCUT2D eigenvalue weighted by molar-refractivity contribution is 0.0985. The van der Waals surface area contributed by atoms with Crippen LogP contribution in [0.3, 0.4) is 0 Å². The van der Waals surface area contributed by atoms with Gasteiger partial charge in [0.15, 0.2) is 0 Å². The normalized spacial score (nSPS) is 15.8. The smallest absolute Gasteiger partial charge is 0.230 e. The molecule has 4 aliphatic heterocycles. The van der Waals surface area contributed by atoms with Crippen LogP contribution in [0.4, 0.5) is 0 Å². The molecule has 0 unspecified atom stereocenters. The van der Waals surface area contributed by atoms with E-state index in [4.69, 9.17) is 37.9 Å². The molecule has 0 atom stereocenters. The molecule has 4 aromatic rings. The quantitative estimate of drug-likeness (QED) is 0.0395. The molecule has 9 rings (SSSR count). The third kappa shape index (κ3) is 43.4. The van der Waals surface area contributed by atoms with Crippen molar-refractivity contribution in [1.82, 2.24) is 0 Å². The standard InChI is InChI=1S/C116H192O8S4/c1-5-9-13-17-21-41-53-65-77-125-81-69-57-45-33-25-29-37-49-61-73-97-101-85-103-98(74-62-50-38-30-26-34-46-58-70-82-126-78-66-54-42-22-18-14-10-6-2)105-87-107-100(76-64-52-40-32-28-36-48-60-72-84-128-80-68-56-44-24-20-16-12-8-4)108-88-106-99(75-63-51-39-31-27-35-47-59-71-83-127-79-67-55-43-23-19-15-11-7-3)104-86-102(97)110-90-112(104)120-95-122-114(106)92-116(108)124-96-123-115(107)91-113(105)121-94-119-111(103)89-109(101)117-93-118-110/h85-92,97-100H,5-84,93-96H2,1-4H3. The summed E-state index contributed by atoms with van der Waals surface area (Å²) >= 11 is 8.83. The molecule has 0 N–H and O–H groups in total. The summed E-state index contributed by atoms with van der Waals surface area (Å²) in [4.78, 5) is 0. The van der Waals surface area contributed by atoms with Gasteiger partial charge in [-0.05, 0) is 147 Å². The van der Waals surface area contributed by atoms with Crippen molar-refractivity contribution in [2.24, 2.45) is 0 Å². The van der Waals surface area contributed by atoms with E-state index in [0.717, 1.165) is 97.4 Å². The average Bonchev–Trinajstić information content (AvgIpc) is 0.737. The second-order valence-electron chi connectivity index (χ2n) is 39.8. The summed E-state index contributed by atoms with van der Waals surface area (Å²) < 4.78 is 55.9. The summed E-state index contributed by atoms with van der Waals surface area (Å²) in [6, 6.07) is 19.3. The number of thioether (sulfide) groups is 4. The fourth-order valence-corrected chi connectivity index (χ4v) is 25.1. The molecule has 0 saturated carbocycles. The van der Waals surface area contributed by atoms with E-state index in [1.54, 1.807) is 0 Å². The highest BCUT2D eigenvalue weighted by Gasteiger charge is 2.38. The largest absolute Gasteiger partial charge is 0.457 e. The molecule has 0 saturated heterocycles. The maximum atomic E-state index is 6.98. The van der Waals surface area contributed by atoms with E-state index in [1.165, 1.54) is 501 Å². The number of unbranched alkanes of at least 4 members (excludes halogenated alkanes) is 60. The Labute approximate surface area is 805 Å². The lowest BCUT2D eigenvalue weighted by Crippen LogP contribution is -2.22. The van der Waals surface area contributed by atoms with E-state index >= 15 is 0 Å². The Kier molecular flexibility index (Phi) is 61.0. The summed E-state index contributed by atoms with van der Waals surface area (Å²) in [5.74, 6) is 17.7. The van der Waals surface area contributed by atoms with Gasteiger partial charge in [0.2, 0.25) is 27.2 Å². The Morgan fingerprint density at radius 3 is 0.406 bits per heavy atom. The van der Waals surface area contributed by atoms with Gasteiger partial charge in [-0.2, -0.15) is 47.0 Å². The van der Waals surface area contributed by atoms with Crippen LogP contribution in [0.2, 0.25) is 0 Å². The van der Waals surface area contributed by atoms with Crippen LogP contribution in [0.1, 0.15) is 558 Å². The molecule has 0 aromatic heterocycles. The monoisotopic (exact) mass is 1840 g/mol. The predicted octanol–water partition coefficient (Wildman–Crippen LogP) is 38.5. The Morgan fingerprint density at radius 1 is 0.156 bits per heavy atom. The highest BCUT2D eigenvalue weighted by molar-refractivity contribution is 7.99. The third-order valence-electron chi connectivity index (χ3n) is 29.0. The molecular weight excluding hydrogens is 1650 g/mol. The Hall–Kier alpha value is -3.32. The zero-order valence-corrected chi connectivity index (χ0v) is 86.5. The van der Waals surface area contributed by atoms with Gasteiger partial charge in [0, 0.05) is 92.4 Å². The molecule has 1 aliphatic carbocycles. The van der Waals surface area contributed by atoms with Crippen molar-refractivity contribution in [3.05, 3.63) is 93.0 Å². The van der Waals surface area contributed by atoms with Gasteiger partial charge in [-0.25, -0.2) is 0 Å². The number of ether oxygens (including phenoxy) is 8. The SMILES string of the molecule is CCCCCCCCCCSCCCCCCCCCCCC1c2cc3c4cc2OCOc2cc5c(cc21)C(CCCCCCCCCCCSCCCCCCCCCC)c1cc2c(cc1OCO5)OCOc1cc(c(cc1C2CCCCCCCCCCCSCCCCCCCCCC)C3CCCCCCCCCCCSCCCCCCCCCC)OCO4. The number of rotatable bonds is 84. The fourth-order valence-electron chi connectivity index (χ4n) is 21.0. The van der Waals surface area contributed by atoms with E-state index in [-0.39, 0.29) is 50.8 Å². The summed E-state index contributed by atoms with van der Waals surface area (Å²) in [5, 5.41) is 0. The molecule has 5 aliphatic rings. The summed E-state index contributed by atoms with van der Waals surface area (Å²) in [7, 11) is 0. The molecule has 728 valence electrons. The van der Waals surface area contributed by atoms with E-state index in [1.807, 2.05) is 0 Å². The van der Waals surface area contributed by atoms with Crippen molar-refractivity contribution >= 4 is 47.0 Å². The van der Waals surface area contributed by atoms with Gasteiger partial charge < -0.3 is 37.9 Å². The molecule has 4 aromatic carbocycles. The lowest BCUT2D eigenvalue weighted by atomic mass is 9.76. The predicted molar refractivity (Wildman–Crippen MR) is 562 cm³/mol. The van der Waals surface area contributed by atoms with Crippen molar-refractivity contribution in [1.29, 1.82) is 0 Å². The zero-order chi connectivity index (χ0) is 89.1. The number of hydrogen-bond acceptors (Lipinski definition) is 12. The lowest BCUT2D eigenvalue weighted by Gasteiger charge is -2.35. The first-order chi connectivity index (χ1) is 63.6. The van der Waals surface area contributed by atoms with Gasteiger partial charge in [0.25, 0.3) is 0 Å². The Balaban J connectivity index is 0.931. The summed E-state index contributed by atoms with van der Waals surface area (Å²) in [6.45, 7) is 9.62. The van der Waals surface area contributed by atoms with Crippen molar-refractivity contribution in [2.75, 3.05) is 73.2 Å². The molecule has 8 nitrogen and oxygen atoms in total. The van der Waals surface area contributed by atoms with Crippen LogP contribution >= 0.6 is 47.0 Å². The van der Waals surface area contributed by atoms with Crippen molar-refractivity contribution in [2.45, 2.75) is 514 Å². The van der Waals surface area contributed by atoms with Gasteiger partial charge in [-0.1, -0.05) is 413 Å². The van der Waals surface area contributed by atoms with Crippen LogP contribution in [0, 0.1) is 0 Å². The summed E-state index contributed by atoms with van der Waals surface area (Å²) in [5.41, 5.74) is 10.0. The Bertz CT molecular complexity index is 2850. The molecule has 0 amide bonds. The minimum absolute atomic E-state index is 0.00804. The van der Waals surface area contributed by atoms with Gasteiger partial charge in [-0.15, -0.1) is 0 Å². The number of benzene rings is 4. The van der Waals surface area contributed by atoms with Crippen LogP contribution < -0.4 is 37.9 Å². The van der Waals surface area contributed by atoms with Crippen molar-refractivity contribution in [3.8, 4) is 46.0 Å². The molecule has 8 bridgehead atoms. The van der Waals surface area contributed by atoms with Gasteiger partial charge in [0.1, 0.15) is 46.0 Å². The highest BCUT2D eigenvalue weighted by atomic mass is 32.2. The third-order valence-corrected chi connectivity index (χ3v) is 33.6. The minimum Gasteiger partial charge on any atom is -0.457 e. The fraction of sp³-hybridized carbons (Fsp3) is 0.793. The Morgan fingerprint density at radius 2 is 0.273 bits per heavy atom.